The Bertz CT molecular complexity index is 666. The number of hydrogen-bond acceptors (Lipinski definition) is 2. The maximum atomic E-state index is 14.4. The first kappa shape index (κ1) is 16.6. The molecule has 2 aromatic carbocycles. The van der Waals surface area contributed by atoms with Crippen LogP contribution in [0.15, 0.2) is 34.8 Å². The number of methoxy groups -OCH3 is 1. The topological polar surface area (TPSA) is 21.3 Å². The van der Waals surface area contributed by atoms with Crippen LogP contribution in [0.5, 0.6) is 5.75 Å². The van der Waals surface area contributed by atoms with Crippen LogP contribution >= 0.6 is 39.1 Å². The van der Waals surface area contributed by atoms with E-state index in [0.29, 0.717) is 20.8 Å². The zero-order valence-electron chi connectivity index (χ0n) is 11.4. The first-order valence-corrected chi connectivity index (χ1v) is 7.68. The van der Waals surface area contributed by atoms with Crippen molar-refractivity contribution in [3.63, 3.8) is 0 Å². The monoisotopic (exact) mass is 391 g/mol. The number of ether oxygens (including phenoxy) is 1. The van der Waals surface area contributed by atoms with Gasteiger partial charge in [0.25, 0.3) is 0 Å². The van der Waals surface area contributed by atoms with Crippen LogP contribution in [0.1, 0.15) is 17.2 Å². The zero-order valence-corrected chi connectivity index (χ0v) is 14.5. The van der Waals surface area contributed by atoms with Gasteiger partial charge in [-0.15, -0.1) is 0 Å². The van der Waals surface area contributed by atoms with Crippen molar-refractivity contribution in [1.29, 1.82) is 0 Å². The number of rotatable bonds is 4. The molecule has 0 aliphatic carbocycles. The summed E-state index contributed by atoms with van der Waals surface area (Å²) < 4.78 is 20.3. The number of benzene rings is 2. The number of halogens is 4. The molecule has 1 atom stereocenters. The van der Waals surface area contributed by atoms with Crippen LogP contribution in [0, 0.1) is 5.82 Å². The van der Waals surface area contributed by atoms with Crippen LogP contribution in [0.2, 0.25) is 10.0 Å². The van der Waals surface area contributed by atoms with E-state index in [1.807, 2.05) is 0 Å². The molecule has 0 aromatic heterocycles. The van der Waals surface area contributed by atoms with Gasteiger partial charge in [-0.3, -0.25) is 0 Å². The van der Waals surface area contributed by atoms with E-state index in [-0.39, 0.29) is 5.02 Å². The van der Waals surface area contributed by atoms with Crippen molar-refractivity contribution in [3.8, 4) is 5.75 Å². The summed E-state index contributed by atoms with van der Waals surface area (Å²) in [5.41, 5.74) is 1.16. The SMILES string of the molecule is CNC(c1cc(Cl)ccc1OC)c1ccc(Br)c(Cl)c1F. The minimum atomic E-state index is -0.479. The van der Waals surface area contributed by atoms with Crippen LogP contribution in [0.3, 0.4) is 0 Å². The highest BCUT2D eigenvalue weighted by Gasteiger charge is 2.22. The molecule has 0 fully saturated rings. The maximum Gasteiger partial charge on any atom is 0.148 e. The largest absolute Gasteiger partial charge is 0.496 e. The molecule has 0 saturated heterocycles. The van der Waals surface area contributed by atoms with Crippen LogP contribution in [0.4, 0.5) is 4.39 Å². The average Bonchev–Trinajstić information content (AvgIpc) is 2.48. The van der Waals surface area contributed by atoms with E-state index >= 15 is 0 Å². The molecule has 0 spiro atoms. The molecule has 0 aliphatic rings. The summed E-state index contributed by atoms with van der Waals surface area (Å²) in [6.07, 6.45) is 0. The van der Waals surface area contributed by atoms with Crippen molar-refractivity contribution in [1.82, 2.24) is 5.32 Å². The molecule has 112 valence electrons. The second kappa shape index (κ2) is 6.97. The summed E-state index contributed by atoms with van der Waals surface area (Å²) in [4.78, 5) is 0. The quantitative estimate of drug-likeness (QED) is 0.721. The van der Waals surface area contributed by atoms with Crippen LogP contribution in [-0.4, -0.2) is 14.2 Å². The Morgan fingerprint density at radius 2 is 1.90 bits per heavy atom. The first-order valence-electron chi connectivity index (χ1n) is 6.13. The van der Waals surface area contributed by atoms with E-state index in [4.69, 9.17) is 27.9 Å². The van der Waals surface area contributed by atoms with Crippen molar-refractivity contribution in [2.24, 2.45) is 0 Å². The van der Waals surface area contributed by atoms with Gasteiger partial charge in [0.15, 0.2) is 0 Å². The maximum absolute atomic E-state index is 14.4. The molecular weight excluding hydrogens is 380 g/mol. The highest BCUT2D eigenvalue weighted by atomic mass is 79.9. The molecule has 2 aromatic rings. The summed E-state index contributed by atoms with van der Waals surface area (Å²) in [5.74, 6) is 0.143. The number of nitrogens with one attached hydrogen (secondary N) is 1. The van der Waals surface area contributed by atoms with Gasteiger partial charge in [-0.1, -0.05) is 29.3 Å². The highest BCUT2D eigenvalue weighted by Crippen LogP contribution is 2.36. The fraction of sp³-hybridized carbons (Fsp3) is 0.200. The normalized spacial score (nSPS) is 12.3. The minimum absolute atomic E-state index is 0.0498. The summed E-state index contributed by atoms with van der Waals surface area (Å²) in [5, 5.41) is 3.67. The summed E-state index contributed by atoms with van der Waals surface area (Å²) in [6.45, 7) is 0. The van der Waals surface area contributed by atoms with E-state index in [0.717, 1.165) is 5.56 Å². The van der Waals surface area contributed by atoms with E-state index in [9.17, 15) is 4.39 Å². The van der Waals surface area contributed by atoms with E-state index in [1.165, 1.54) is 0 Å². The molecule has 6 heteroatoms. The Balaban J connectivity index is 2.60. The predicted molar refractivity (Wildman–Crippen MR) is 88.0 cm³/mol. The molecule has 0 amide bonds. The van der Waals surface area contributed by atoms with Gasteiger partial charge in [-0.25, -0.2) is 4.39 Å². The standard InChI is InChI=1S/C15H13BrCl2FNO/c1-20-15(9-4-5-11(16)13(18)14(9)19)10-7-8(17)3-6-12(10)21-2/h3-7,15,20H,1-2H3. The van der Waals surface area contributed by atoms with Crippen LogP contribution in [0.25, 0.3) is 0 Å². The lowest BCUT2D eigenvalue weighted by atomic mass is 9.97. The molecule has 21 heavy (non-hydrogen) atoms. The molecule has 2 rings (SSSR count). The molecule has 0 heterocycles. The highest BCUT2D eigenvalue weighted by molar-refractivity contribution is 9.10. The summed E-state index contributed by atoms with van der Waals surface area (Å²) >= 11 is 15.2. The molecule has 1 N–H and O–H groups in total. The Labute approximate surface area is 141 Å². The first-order chi connectivity index (χ1) is 9.99. The van der Waals surface area contributed by atoms with Crippen molar-refractivity contribution in [2.45, 2.75) is 6.04 Å². The lowest BCUT2D eigenvalue weighted by Crippen LogP contribution is -2.20. The van der Waals surface area contributed by atoms with Gasteiger partial charge >= 0.3 is 0 Å². The Morgan fingerprint density at radius 3 is 2.52 bits per heavy atom. The van der Waals surface area contributed by atoms with Gasteiger partial charge in [-0.2, -0.15) is 0 Å². The van der Waals surface area contributed by atoms with E-state index in [2.05, 4.69) is 21.2 Å². The van der Waals surface area contributed by atoms with Gasteiger partial charge in [0, 0.05) is 20.6 Å². The molecule has 0 radical (unpaired) electrons. The number of hydrogen-bond donors (Lipinski definition) is 1. The van der Waals surface area contributed by atoms with Gasteiger partial charge in [0.05, 0.1) is 18.2 Å². The molecule has 0 saturated carbocycles. The molecular formula is C15H13BrCl2FNO. The third-order valence-corrected chi connectivity index (χ3v) is 4.66. The zero-order chi connectivity index (χ0) is 15.6. The molecule has 0 aliphatic heterocycles. The van der Waals surface area contributed by atoms with Gasteiger partial charge in [-0.05, 0) is 47.2 Å². The smallest absolute Gasteiger partial charge is 0.148 e. The van der Waals surface area contributed by atoms with Gasteiger partial charge in [0.2, 0.25) is 0 Å². The third kappa shape index (κ3) is 3.34. The van der Waals surface area contributed by atoms with Gasteiger partial charge in [0.1, 0.15) is 11.6 Å². The van der Waals surface area contributed by atoms with E-state index < -0.39 is 11.9 Å². The van der Waals surface area contributed by atoms with Crippen LogP contribution < -0.4 is 10.1 Å². The minimum Gasteiger partial charge on any atom is -0.496 e. The Hall–Kier alpha value is -0.810. The van der Waals surface area contributed by atoms with Gasteiger partial charge < -0.3 is 10.1 Å². The molecule has 0 bridgehead atoms. The average molecular weight is 393 g/mol. The van der Waals surface area contributed by atoms with Crippen molar-refractivity contribution in [2.75, 3.05) is 14.2 Å². The lowest BCUT2D eigenvalue weighted by Gasteiger charge is -2.21. The van der Waals surface area contributed by atoms with Crippen molar-refractivity contribution in [3.05, 3.63) is 61.8 Å². The fourth-order valence-corrected chi connectivity index (χ4v) is 2.83. The van der Waals surface area contributed by atoms with Crippen LogP contribution in [-0.2, 0) is 0 Å². The second-order valence-corrected chi connectivity index (χ2v) is 6.04. The van der Waals surface area contributed by atoms with Crippen molar-refractivity contribution < 1.29 is 9.13 Å². The summed E-state index contributed by atoms with van der Waals surface area (Å²) in [7, 11) is 3.30. The summed E-state index contributed by atoms with van der Waals surface area (Å²) in [6, 6.07) is 8.18. The Kier molecular flexibility index (Phi) is 5.49. The third-order valence-electron chi connectivity index (χ3n) is 3.17. The predicted octanol–water partition coefficient (Wildman–Crippen LogP) is 5.21. The second-order valence-electron chi connectivity index (χ2n) is 4.37. The van der Waals surface area contributed by atoms with E-state index in [1.54, 1.807) is 44.5 Å². The lowest BCUT2D eigenvalue weighted by molar-refractivity contribution is 0.404. The molecule has 1 unspecified atom stereocenters. The molecule has 2 nitrogen and oxygen atoms in total. The Morgan fingerprint density at radius 1 is 1.19 bits per heavy atom. The van der Waals surface area contributed by atoms with Crippen molar-refractivity contribution >= 4 is 39.1 Å². The fourth-order valence-electron chi connectivity index (χ4n) is 2.17.